The predicted molar refractivity (Wildman–Crippen MR) is 100 cm³/mol. The molecule has 0 radical (unpaired) electrons. The number of nitrogens with zero attached hydrogens (tertiary/aromatic N) is 2. The highest BCUT2D eigenvalue weighted by Crippen LogP contribution is 2.24. The van der Waals surface area contributed by atoms with E-state index in [0.29, 0.717) is 6.42 Å². The Hall–Kier alpha value is -2.79. The van der Waals surface area contributed by atoms with Crippen LogP contribution < -0.4 is 0 Å². The number of fused-ring (bicyclic) bond motifs is 1. The van der Waals surface area contributed by atoms with E-state index in [1.54, 1.807) is 6.20 Å². The first kappa shape index (κ1) is 18.0. The predicted octanol–water partition coefficient (Wildman–Crippen LogP) is 3.89. The van der Waals surface area contributed by atoms with Crippen LogP contribution in [-0.4, -0.2) is 27.7 Å². The molecule has 5 heteroatoms. The number of ether oxygens (including phenoxy) is 1. The molecule has 0 unspecified atom stereocenters. The third-order valence-electron chi connectivity index (χ3n) is 4.16. The van der Waals surface area contributed by atoms with Crippen molar-refractivity contribution in [1.29, 1.82) is 0 Å². The average molecular weight is 350 g/mol. The molecule has 0 saturated heterocycles. The minimum atomic E-state index is -0.219. The molecule has 3 rings (SSSR count). The van der Waals surface area contributed by atoms with Crippen LogP contribution in [-0.2, 0) is 16.1 Å². The molecule has 0 bridgehead atoms. The zero-order chi connectivity index (χ0) is 18.2. The first-order chi connectivity index (χ1) is 12.8. The molecular formula is C21H22N2O3. The molecule has 0 aliphatic heterocycles. The zero-order valence-electron chi connectivity index (χ0n) is 14.6. The van der Waals surface area contributed by atoms with Gasteiger partial charge in [0.1, 0.15) is 6.61 Å². The molecule has 134 valence electrons. The largest absolute Gasteiger partial charge is 0.461 e. The maximum absolute atomic E-state index is 12.0. The van der Waals surface area contributed by atoms with Crippen LogP contribution in [0.4, 0.5) is 0 Å². The normalized spacial score (nSPS) is 10.8. The van der Waals surface area contributed by atoms with Crippen molar-refractivity contribution in [3.05, 3.63) is 60.3 Å². The molecule has 26 heavy (non-hydrogen) atoms. The molecule has 1 N–H and O–H groups in total. The lowest BCUT2D eigenvalue weighted by Gasteiger charge is -2.10. The van der Waals surface area contributed by atoms with Gasteiger partial charge in [-0.15, -0.1) is 0 Å². The number of pyridine rings is 2. The SMILES string of the molecule is O=C(CCCCCO)OCc1cc(-c2ccccn2)nc2ccccc12. The van der Waals surface area contributed by atoms with E-state index in [9.17, 15) is 4.79 Å². The summed E-state index contributed by atoms with van der Waals surface area (Å²) in [6, 6.07) is 15.4. The Morgan fingerprint density at radius 3 is 2.65 bits per heavy atom. The van der Waals surface area contributed by atoms with Gasteiger partial charge in [-0.05, 0) is 37.1 Å². The molecule has 5 nitrogen and oxygen atoms in total. The first-order valence-electron chi connectivity index (χ1n) is 8.84. The van der Waals surface area contributed by atoms with Gasteiger partial charge in [0.2, 0.25) is 0 Å². The van der Waals surface area contributed by atoms with Crippen LogP contribution in [0.5, 0.6) is 0 Å². The van der Waals surface area contributed by atoms with Gasteiger partial charge < -0.3 is 9.84 Å². The van der Waals surface area contributed by atoms with Gasteiger partial charge in [0.25, 0.3) is 0 Å². The van der Waals surface area contributed by atoms with Crippen LogP contribution in [0.3, 0.4) is 0 Å². The van der Waals surface area contributed by atoms with Crippen molar-refractivity contribution in [2.75, 3.05) is 6.61 Å². The van der Waals surface area contributed by atoms with Crippen molar-refractivity contribution >= 4 is 16.9 Å². The highest BCUT2D eigenvalue weighted by molar-refractivity contribution is 5.85. The second kappa shape index (κ2) is 9.06. The molecular weight excluding hydrogens is 328 g/mol. The number of carbonyl (C=O) groups excluding carboxylic acids is 1. The van der Waals surface area contributed by atoms with Gasteiger partial charge in [-0.25, -0.2) is 4.98 Å². The molecule has 2 heterocycles. The van der Waals surface area contributed by atoms with Gasteiger partial charge in [-0.3, -0.25) is 9.78 Å². The Kier molecular flexibility index (Phi) is 6.28. The smallest absolute Gasteiger partial charge is 0.306 e. The van der Waals surface area contributed by atoms with Crippen molar-refractivity contribution in [3.63, 3.8) is 0 Å². The average Bonchev–Trinajstić information content (AvgIpc) is 2.70. The van der Waals surface area contributed by atoms with E-state index in [1.807, 2.05) is 48.5 Å². The van der Waals surface area contributed by atoms with Crippen molar-refractivity contribution in [2.24, 2.45) is 0 Å². The lowest BCUT2D eigenvalue weighted by molar-refractivity contribution is -0.145. The number of hydrogen-bond acceptors (Lipinski definition) is 5. The van der Waals surface area contributed by atoms with Gasteiger partial charge in [-0.1, -0.05) is 30.7 Å². The number of aliphatic hydroxyl groups is 1. The third-order valence-corrected chi connectivity index (χ3v) is 4.16. The number of esters is 1. The molecule has 0 fully saturated rings. The Bertz CT molecular complexity index is 866. The Labute approximate surface area is 152 Å². The van der Waals surface area contributed by atoms with Gasteiger partial charge in [0.05, 0.1) is 16.9 Å². The minimum absolute atomic E-state index is 0.161. The molecule has 3 aromatic rings. The maximum atomic E-state index is 12.0. The van der Waals surface area contributed by atoms with E-state index in [4.69, 9.17) is 9.84 Å². The lowest BCUT2D eigenvalue weighted by atomic mass is 10.1. The van der Waals surface area contributed by atoms with Crippen molar-refractivity contribution in [1.82, 2.24) is 9.97 Å². The second-order valence-corrected chi connectivity index (χ2v) is 6.09. The summed E-state index contributed by atoms with van der Waals surface area (Å²) in [7, 11) is 0. The maximum Gasteiger partial charge on any atom is 0.306 e. The number of para-hydroxylation sites is 1. The summed E-state index contributed by atoms with van der Waals surface area (Å²) in [5.41, 5.74) is 3.32. The number of aliphatic hydroxyl groups excluding tert-OH is 1. The zero-order valence-corrected chi connectivity index (χ0v) is 14.6. The minimum Gasteiger partial charge on any atom is -0.461 e. The number of rotatable bonds is 8. The van der Waals surface area contributed by atoms with Gasteiger partial charge in [0.15, 0.2) is 0 Å². The van der Waals surface area contributed by atoms with Crippen molar-refractivity contribution in [3.8, 4) is 11.4 Å². The molecule has 0 amide bonds. The molecule has 2 aromatic heterocycles. The molecule has 1 aromatic carbocycles. The van der Waals surface area contributed by atoms with Crippen LogP contribution >= 0.6 is 0 Å². The number of aromatic nitrogens is 2. The Morgan fingerprint density at radius 1 is 1.00 bits per heavy atom. The number of hydrogen-bond donors (Lipinski definition) is 1. The van der Waals surface area contributed by atoms with Gasteiger partial charge in [0, 0.05) is 30.2 Å². The van der Waals surface area contributed by atoms with E-state index >= 15 is 0 Å². The van der Waals surface area contributed by atoms with Crippen LogP contribution in [0.1, 0.15) is 31.2 Å². The summed E-state index contributed by atoms with van der Waals surface area (Å²) in [6.45, 7) is 0.371. The first-order valence-corrected chi connectivity index (χ1v) is 8.84. The summed E-state index contributed by atoms with van der Waals surface area (Å²) in [4.78, 5) is 21.0. The monoisotopic (exact) mass is 350 g/mol. The molecule has 0 spiro atoms. The fourth-order valence-electron chi connectivity index (χ4n) is 2.80. The number of unbranched alkanes of at least 4 members (excludes halogenated alkanes) is 2. The number of benzene rings is 1. The van der Waals surface area contributed by atoms with Crippen LogP contribution in [0.25, 0.3) is 22.3 Å². The third kappa shape index (κ3) is 4.64. The van der Waals surface area contributed by atoms with Gasteiger partial charge >= 0.3 is 5.97 Å². The highest BCUT2D eigenvalue weighted by Gasteiger charge is 2.10. The van der Waals surface area contributed by atoms with E-state index in [2.05, 4.69) is 9.97 Å². The summed E-state index contributed by atoms with van der Waals surface area (Å²) >= 11 is 0. The fourth-order valence-corrected chi connectivity index (χ4v) is 2.80. The Morgan fingerprint density at radius 2 is 1.85 bits per heavy atom. The van der Waals surface area contributed by atoms with E-state index < -0.39 is 0 Å². The summed E-state index contributed by atoms with van der Waals surface area (Å²) < 4.78 is 5.46. The van der Waals surface area contributed by atoms with E-state index in [1.165, 1.54) is 0 Å². The van der Waals surface area contributed by atoms with Gasteiger partial charge in [-0.2, -0.15) is 0 Å². The standard InChI is InChI=1S/C21H22N2O3/c24-13-7-1-2-11-21(25)26-15-16-14-20(19-10-5-6-12-22-19)23-18-9-4-3-8-17(16)18/h3-6,8-10,12,14,24H,1-2,7,11,13,15H2. The topological polar surface area (TPSA) is 72.3 Å². The summed E-state index contributed by atoms with van der Waals surface area (Å²) in [6.07, 6.45) is 4.38. The second-order valence-electron chi connectivity index (χ2n) is 6.09. The van der Waals surface area contributed by atoms with Crippen molar-refractivity contribution < 1.29 is 14.6 Å². The Balaban J connectivity index is 1.77. The lowest BCUT2D eigenvalue weighted by Crippen LogP contribution is -2.05. The summed E-state index contributed by atoms with van der Waals surface area (Å²) in [5, 5.41) is 9.75. The van der Waals surface area contributed by atoms with Crippen LogP contribution in [0, 0.1) is 0 Å². The molecule has 0 aliphatic carbocycles. The fraction of sp³-hybridized carbons (Fsp3) is 0.286. The van der Waals surface area contributed by atoms with Crippen LogP contribution in [0.2, 0.25) is 0 Å². The van der Waals surface area contributed by atoms with Crippen molar-refractivity contribution in [2.45, 2.75) is 32.3 Å². The number of carbonyl (C=O) groups is 1. The van der Waals surface area contributed by atoms with Crippen LogP contribution in [0.15, 0.2) is 54.7 Å². The highest BCUT2D eigenvalue weighted by atomic mass is 16.5. The molecule has 0 aliphatic rings. The van der Waals surface area contributed by atoms with E-state index in [-0.39, 0.29) is 19.2 Å². The van der Waals surface area contributed by atoms with E-state index in [0.717, 1.165) is 47.1 Å². The molecule has 0 saturated carbocycles. The summed E-state index contributed by atoms with van der Waals surface area (Å²) in [5.74, 6) is -0.219. The quantitative estimate of drug-likeness (QED) is 0.493. The molecule has 0 atom stereocenters.